The predicted molar refractivity (Wildman–Crippen MR) is 104 cm³/mol. The second-order valence-corrected chi connectivity index (χ2v) is 8.65. The molecule has 0 saturated heterocycles. The summed E-state index contributed by atoms with van der Waals surface area (Å²) >= 11 is 3.12. The van der Waals surface area contributed by atoms with Crippen LogP contribution in [0, 0.1) is 0 Å². The number of aromatic nitrogens is 6. The summed E-state index contributed by atoms with van der Waals surface area (Å²) in [4.78, 5) is 18.8. The zero-order chi connectivity index (χ0) is 18.5. The van der Waals surface area contributed by atoms with Gasteiger partial charge in [-0.25, -0.2) is 9.38 Å². The number of aryl methyl sites for hydroxylation is 1. The summed E-state index contributed by atoms with van der Waals surface area (Å²) in [6.07, 6.45) is 5.05. The van der Waals surface area contributed by atoms with Gasteiger partial charge in [0.15, 0.2) is 10.8 Å². The van der Waals surface area contributed by atoms with Gasteiger partial charge in [-0.1, -0.05) is 18.7 Å². The van der Waals surface area contributed by atoms with Gasteiger partial charge in [0.05, 0.1) is 17.7 Å². The van der Waals surface area contributed by atoms with Crippen LogP contribution in [0.4, 0.5) is 0 Å². The largest absolute Gasteiger partial charge is 0.465 e. The van der Waals surface area contributed by atoms with Gasteiger partial charge < -0.3 is 4.74 Å². The van der Waals surface area contributed by atoms with Crippen molar-refractivity contribution in [2.24, 2.45) is 0 Å². The van der Waals surface area contributed by atoms with Gasteiger partial charge in [-0.2, -0.15) is 9.61 Å². The summed E-state index contributed by atoms with van der Waals surface area (Å²) < 4.78 is 8.79. The number of carbonyl (C=O) groups excluding carboxylic acids is 1. The normalized spacial score (nSPS) is 17.0. The van der Waals surface area contributed by atoms with E-state index < -0.39 is 0 Å². The first-order chi connectivity index (χ1) is 13.2. The van der Waals surface area contributed by atoms with E-state index in [0.29, 0.717) is 23.5 Å². The topological polar surface area (TPSA) is 86.7 Å². The minimum absolute atomic E-state index is 0.201. The zero-order valence-electron chi connectivity index (χ0n) is 15.0. The Kier molecular flexibility index (Phi) is 4.05. The fraction of sp³-hybridized carbons (Fsp3) is 0.471. The van der Waals surface area contributed by atoms with Crippen LogP contribution in [-0.2, 0) is 16.0 Å². The standard InChI is InChI=1S/C17H18N6O2S2/c1-3-25-11(24)7-26-17-21-20-16-22(17)15-13(14-18-8-19-23(14)16)12-9(2)5-4-6-10(12)27-15/h8-9H,3-7H2,1-2H3/t9-/m1/s1. The highest BCUT2D eigenvalue weighted by atomic mass is 32.2. The second kappa shape index (κ2) is 6.45. The molecule has 0 amide bonds. The van der Waals surface area contributed by atoms with Crippen LogP contribution < -0.4 is 0 Å². The Hall–Kier alpha value is -2.20. The third kappa shape index (κ3) is 2.53. The fourth-order valence-electron chi connectivity index (χ4n) is 3.83. The van der Waals surface area contributed by atoms with Crippen molar-refractivity contribution in [1.29, 1.82) is 0 Å². The molecule has 0 unspecified atom stereocenters. The number of rotatable bonds is 4. The Morgan fingerprint density at radius 2 is 2.33 bits per heavy atom. The monoisotopic (exact) mass is 402 g/mol. The second-order valence-electron chi connectivity index (χ2n) is 6.62. The minimum Gasteiger partial charge on any atom is -0.465 e. The fourth-order valence-corrected chi connectivity index (χ4v) is 6.07. The van der Waals surface area contributed by atoms with Gasteiger partial charge in [0.25, 0.3) is 5.78 Å². The van der Waals surface area contributed by atoms with E-state index in [1.165, 1.54) is 35.0 Å². The first kappa shape index (κ1) is 16.9. The maximum absolute atomic E-state index is 11.8. The van der Waals surface area contributed by atoms with E-state index in [1.54, 1.807) is 29.1 Å². The van der Waals surface area contributed by atoms with E-state index in [4.69, 9.17) is 4.74 Å². The zero-order valence-corrected chi connectivity index (χ0v) is 16.6. The number of nitrogens with zero attached hydrogens (tertiary/aromatic N) is 6. The Morgan fingerprint density at radius 1 is 1.44 bits per heavy atom. The summed E-state index contributed by atoms with van der Waals surface area (Å²) in [5.74, 6) is 1.06. The molecule has 4 aromatic rings. The Labute approximate surface area is 162 Å². The van der Waals surface area contributed by atoms with Crippen LogP contribution >= 0.6 is 23.1 Å². The molecule has 0 bridgehead atoms. The van der Waals surface area contributed by atoms with E-state index >= 15 is 0 Å². The van der Waals surface area contributed by atoms with Gasteiger partial charge in [-0.3, -0.25) is 4.79 Å². The molecule has 8 nitrogen and oxygen atoms in total. The molecule has 4 aromatic heterocycles. The lowest BCUT2D eigenvalue weighted by Gasteiger charge is -2.18. The SMILES string of the molecule is CCOC(=O)CSc1nnc2n3ncnc3c3c4c(sc3n12)CCC[C@H]4C. The molecular weight excluding hydrogens is 384 g/mol. The summed E-state index contributed by atoms with van der Waals surface area (Å²) in [7, 11) is 0. The van der Waals surface area contributed by atoms with Gasteiger partial charge in [0.2, 0.25) is 0 Å². The maximum Gasteiger partial charge on any atom is 0.316 e. The van der Waals surface area contributed by atoms with E-state index in [2.05, 4.69) is 27.2 Å². The third-order valence-corrected chi connectivity index (χ3v) is 7.09. The van der Waals surface area contributed by atoms with Crippen molar-refractivity contribution < 1.29 is 9.53 Å². The van der Waals surface area contributed by atoms with Crippen molar-refractivity contribution in [3.05, 3.63) is 16.8 Å². The molecule has 1 atom stereocenters. The lowest BCUT2D eigenvalue weighted by atomic mass is 9.87. The lowest BCUT2D eigenvalue weighted by Crippen LogP contribution is -2.07. The van der Waals surface area contributed by atoms with Gasteiger partial charge in [-0.05, 0) is 37.7 Å². The van der Waals surface area contributed by atoms with E-state index in [0.717, 1.165) is 22.3 Å². The van der Waals surface area contributed by atoms with Crippen LogP contribution in [-0.4, -0.2) is 47.5 Å². The molecule has 0 fully saturated rings. The molecule has 10 heteroatoms. The minimum atomic E-state index is -0.253. The Morgan fingerprint density at radius 3 is 3.19 bits per heavy atom. The molecule has 1 aliphatic carbocycles. The number of fused-ring (bicyclic) bond motifs is 8. The quantitative estimate of drug-likeness (QED) is 0.383. The van der Waals surface area contributed by atoms with Crippen molar-refractivity contribution in [3.63, 3.8) is 0 Å². The van der Waals surface area contributed by atoms with Crippen molar-refractivity contribution in [2.75, 3.05) is 12.4 Å². The first-order valence-corrected chi connectivity index (χ1v) is 10.8. The van der Waals surface area contributed by atoms with Crippen LogP contribution in [0.5, 0.6) is 0 Å². The average Bonchev–Trinajstić information content (AvgIpc) is 3.35. The lowest BCUT2D eigenvalue weighted by molar-refractivity contribution is -0.139. The third-order valence-electron chi connectivity index (χ3n) is 4.94. The number of carbonyl (C=O) groups is 1. The van der Waals surface area contributed by atoms with Gasteiger partial charge in [-0.15, -0.1) is 21.5 Å². The molecule has 27 heavy (non-hydrogen) atoms. The first-order valence-electron chi connectivity index (χ1n) is 8.99. The van der Waals surface area contributed by atoms with Gasteiger partial charge in [0.1, 0.15) is 11.2 Å². The average molecular weight is 403 g/mol. The molecule has 140 valence electrons. The van der Waals surface area contributed by atoms with Gasteiger partial charge in [0, 0.05) is 4.88 Å². The summed E-state index contributed by atoms with van der Waals surface area (Å²) in [5.41, 5.74) is 2.22. The number of esters is 1. The highest BCUT2D eigenvalue weighted by Crippen LogP contribution is 2.44. The number of thiophene rings is 1. The van der Waals surface area contributed by atoms with E-state index in [-0.39, 0.29) is 11.7 Å². The van der Waals surface area contributed by atoms with Crippen molar-refractivity contribution in [1.82, 2.24) is 29.2 Å². The molecule has 0 aromatic carbocycles. The molecule has 1 aliphatic rings. The molecular formula is C17H18N6O2S2. The summed E-state index contributed by atoms with van der Waals surface area (Å²) in [6, 6.07) is 0. The van der Waals surface area contributed by atoms with E-state index in [9.17, 15) is 4.79 Å². The predicted octanol–water partition coefficient (Wildman–Crippen LogP) is 3.08. The number of thioether (sulfide) groups is 1. The number of hydrogen-bond acceptors (Lipinski definition) is 8. The van der Waals surface area contributed by atoms with Gasteiger partial charge >= 0.3 is 5.97 Å². The number of ether oxygens (including phenoxy) is 1. The maximum atomic E-state index is 11.8. The number of hydrogen-bond donors (Lipinski definition) is 0. The summed E-state index contributed by atoms with van der Waals surface area (Å²) in [6.45, 7) is 4.46. The van der Waals surface area contributed by atoms with Crippen molar-refractivity contribution >= 4 is 50.7 Å². The Bertz CT molecular complexity index is 1180. The molecule has 0 radical (unpaired) electrons. The molecule has 5 rings (SSSR count). The van der Waals surface area contributed by atoms with Crippen LogP contribution in [0.1, 0.15) is 43.0 Å². The highest BCUT2D eigenvalue weighted by molar-refractivity contribution is 7.99. The molecule has 4 heterocycles. The molecule has 0 spiro atoms. The summed E-state index contributed by atoms with van der Waals surface area (Å²) in [5, 5.41) is 14.8. The smallest absolute Gasteiger partial charge is 0.316 e. The molecule has 0 saturated carbocycles. The van der Waals surface area contributed by atoms with E-state index in [1.807, 2.05) is 4.40 Å². The van der Waals surface area contributed by atoms with Crippen molar-refractivity contribution in [3.8, 4) is 0 Å². The highest BCUT2D eigenvalue weighted by Gasteiger charge is 2.27. The van der Waals surface area contributed by atoms with Crippen LogP contribution in [0.2, 0.25) is 0 Å². The van der Waals surface area contributed by atoms with Crippen LogP contribution in [0.15, 0.2) is 11.5 Å². The van der Waals surface area contributed by atoms with Crippen LogP contribution in [0.3, 0.4) is 0 Å². The van der Waals surface area contributed by atoms with Crippen molar-refractivity contribution in [2.45, 2.75) is 44.2 Å². The van der Waals surface area contributed by atoms with Crippen LogP contribution in [0.25, 0.3) is 21.6 Å². The Balaban J connectivity index is 1.76. The molecule has 0 N–H and O–H groups in total. The molecule has 0 aliphatic heterocycles.